The maximum Gasteiger partial charge on any atom is 0.128 e. The van der Waals surface area contributed by atoms with Gasteiger partial charge in [0.2, 0.25) is 0 Å². The highest BCUT2D eigenvalue weighted by atomic mass is 14.9. The molecule has 3 nitrogen and oxygen atoms in total. The van der Waals surface area contributed by atoms with E-state index in [-0.39, 0.29) is 0 Å². The van der Waals surface area contributed by atoms with Crippen molar-refractivity contribution in [1.82, 2.24) is 9.97 Å². The van der Waals surface area contributed by atoms with E-state index in [9.17, 15) is 0 Å². The van der Waals surface area contributed by atoms with Crippen LogP contribution in [0.25, 0.3) is 0 Å². The monoisotopic (exact) mass is 203 g/mol. The lowest BCUT2D eigenvalue weighted by Gasteiger charge is -2.57. The van der Waals surface area contributed by atoms with Gasteiger partial charge in [-0.05, 0) is 43.1 Å². The predicted octanol–water partition coefficient (Wildman–Crippen LogP) is 1.54. The maximum absolute atomic E-state index is 5.84. The molecule has 1 aromatic rings. The molecule has 0 atom stereocenters. The second-order valence-corrected chi connectivity index (χ2v) is 5.31. The average molecular weight is 203 g/mol. The van der Waals surface area contributed by atoms with Crippen LogP contribution in [0.1, 0.15) is 31.5 Å². The Kier molecular flexibility index (Phi) is 2.02. The lowest BCUT2D eigenvalue weighted by atomic mass is 9.49. The van der Waals surface area contributed by atoms with E-state index in [2.05, 4.69) is 9.97 Å². The molecule has 2 aliphatic rings. The summed E-state index contributed by atoms with van der Waals surface area (Å²) in [5, 5.41) is 0. The van der Waals surface area contributed by atoms with Gasteiger partial charge in [-0.15, -0.1) is 0 Å². The number of nitrogens with zero attached hydrogens (tertiary/aromatic N) is 2. The zero-order valence-corrected chi connectivity index (χ0v) is 8.89. The lowest BCUT2D eigenvalue weighted by molar-refractivity contribution is -0.0390. The molecule has 0 aromatic carbocycles. The second-order valence-electron chi connectivity index (χ2n) is 5.31. The molecule has 0 amide bonds. The third kappa shape index (κ3) is 1.65. The smallest absolute Gasteiger partial charge is 0.128 e. The van der Waals surface area contributed by atoms with Crippen molar-refractivity contribution in [3.05, 3.63) is 24.3 Å². The minimum Gasteiger partial charge on any atom is -0.328 e. The molecule has 15 heavy (non-hydrogen) atoms. The van der Waals surface area contributed by atoms with Gasteiger partial charge in [0.15, 0.2) is 0 Å². The first-order chi connectivity index (χ1) is 7.26. The highest BCUT2D eigenvalue weighted by Crippen LogP contribution is 2.58. The van der Waals surface area contributed by atoms with Gasteiger partial charge in [0.25, 0.3) is 0 Å². The van der Waals surface area contributed by atoms with E-state index in [0.29, 0.717) is 11.5 Å². The molecule has 0 unspecified atom stereocenters. The molecule has 0 radical (unpaired) electrons. The van der Waals surface area contributed by atoms with Crippen molar-refractivity contribution in [2.75, 3.05) is 0 Å². The van der Waals surface area contributed by atoms with E-state index >= 15 is 0 Å². The summed E-state index contributed by atoms with van der Waals surface area (Å²) in [6, 6.07) is 2.36. The summed E-state index contributed by atoms with van der Waals surface area (Å²) >= 11 is 0. The van der Waals surface area contributed by atoms with Crippen molar-refractivity contribution in [1.29, 1.82) is 0 Å². The van der Waals surface area contributed by atoms with Crippen LogP contribution in [0, 0.1) is 11.3 Å². The van der Waals surface area contributed by atoms with Crippen molar-refractivity contribution in [2.24, 2.45) is 17.1 Å². The van der Waals surface area contributed by atoms with Gasteiger partial charge in [-0.3, -0.25) is 0 Å². The van der Waals surface area contributed by atoms with Crippen LogP contribution in [0.15, 0.2) is 18.5 Å². The molecular formula is C12H17N3. The van der Waals surface area contributed by atoms with E-state index in [0.717, 1.165) is 18.2 Å². The van der Waals surface area contributed by atoms with E-state index in [1.165, 1.54) is 25.7 Å². The summed E-state index contributed by atoms with van der Waals surface area (Å²) in [6.45, 7) is 0. The molecule has 3 heteroatoms. The van der Waals surface area contributed by atoms with E-state index in [1.807, 2.05) is 18.5 Å². The molecule has 0 aliphatic heterocycles. The van der Waals surface area contributed by atoms with Gasteiger partial charge in [0.05, 0.1) is 0 Å². The first kappa shape index (κ1) is 9.28. The largest absolute Gasteiger partial charge is 0.328 e. The Hall–Kier alpha value is -0.960. The second kappa shape index (κ2) is 3.27. The normalized spacial score (nSPS) is 38.5. The van der Waals surface area contributed by atoms with Gasteiger partial charge < -0.3 is 5.73 Å². The fraction of sp³-hybridized carbons (Fsp3) is 0.667. The third-order valence-electron chi connectivity index (χ3n) is 3.92. The minimum atomic E-state index is 0.485. The number of aromatic nitrogens is 2. The Bertz CT molecular complexity index is 335. The highest BCUT2D eigenvalue weighted by Gasteiger charge is 2.51. The summed E-state index contributed by atoms with van der Waals surface area (Å²) in [6.07, 6.45) is 9.90. The summed E-state index contributed by atoms with van der Waals surface area (Å²) in [7, 11) is 0. The Morgan fingerprint density at radius 1 is 1.20 bits per heavy atom. The van der Waals surface area contributed by atoms with Crippen LogP contribution in [0.5, 0.6) is 0 Å². The molecule has 2 fully saturated rings. The van der Waals surface area contributed by atoms with Crippen LogP contribution < -0.4 is 5.73 Å². The van der Waals surface area contributed by atoms with E-state index < -0.39 is 0 Å². The fourth-order valence-electron chi connectivity index (χ4n) is 3.39. The Balaban J connectivity index is 1.52. The number of hydrogen-bond donors (Lipinski definition) is 1. The van der Waals surface area contributed by atoms with Gasteiger partial charge in [0, 0.05) is 24.9 Å². The van der Waals surface area contributed by atoms with Crippen LogP contribution in [-0.2, 0) is 6.42 Å². The van der Waals surface area contributed by atoms with Gasteiger partial charge in [-0.25, -0.2) is 9.97 Å². The Labute approximate surface area is 90.1 Å². The van der Waals surface area contributed by atoms with Gasteiger partial charge >= 0.3 is 0 Å². The summed E-state index contributed by atoms with van der Waals surface area (Å²) < 4.78 is 0. The molecule has 0 saturated heterocycles. The van der Waals surface area contributed by atoms with Gasteiger partial charge in [0.1, 0.15) is 5.82 Å². The summed E-state index contributed by atoms with van der Waals surface area (Å²) in [4.78, 5) is 8.54. The lowest BCUT2D eigenvalue weighted by Crippen LogP contribution is -2.53. The molecule has 0 bridgehead atoms. The highest BCUT2D eigenvalue weighted by molar-refractivity contribution is 5.06. The van der Waals surface area contributed by atoms with E-state index in [4.69, 9.17) is 5.73 Å². The van der Waals surface area contributed by atoms with Crippen LogP contribution in [0.4, 0.5) is 0 Å². The summed E-state index contributed by atoms with van der Waals surface area (Å²) in [5.41, 5.74) is 6.47. The van der Waals surface area contributed by atoms with Crippen LogP contribution in [0.2, 0.25) is 0 Å². The molecule has 1 heterocycles. The van der Waals surface area contributed by atoms with Crippen LogP contribution in [0.3, 0.4) is 0 Å². The third-order valence-corrected chi connectivity index (χ3v) is 3.92. The van der Waals surface area contributed by atoms with E-state index in [1.54, 1.807) is 0 Å². The molecule has 3 rings (SSSR count). The molecule has 80 valence electrons. The number of hydrogen-bond acceptors (Lipinski definition) is 3. The van der Waals surface area contributed by atoms with Crippen molar-refractivity contribution < 1.29 is 0 Å². The zero-order valence-electron chi connectivity index (χ0n) is 8.89. The molecule has 1 aromatic heterocycles. The fourth-order valence-corrected chi connectivity index (χ4v) is 3.39. The topological polar surface area (TPSA) is 51.8 Å². The molecule has 1 spiro atoms. The van der Waals surface area contributed by atoms with Gasteiger partial charge in [-0.2, -0.15) is 0 Å². The maximum atomic E-state index is 5.84. The predicted molar refractivity (Wildman–Crippen MR) is 58.1 cm³/mol. The molecular weight excluding hydrogens is 186 g/mol. The molecule has 2 N–H and O–H groups in total. The summed E-state index contributed by atoms with van der Waals surface area (Å²) in [5.74, 6) is 1.81. The van der Waals surface area contributed by atoms with Crippen molar-refractivity contribution in [2.45, 2.75) is 38.1 Å². The average Bonchev–Trinajstić information content (AvgIpc) is 2.14. The first-order valence-corrected chi connectivity index (χ1v) is 5.77. The Morgan fingerprint density at radius 2 is 1.87 bits per heavy atom. The minimum absolute atomic E-state index is 0.485. The van der Waals surface area contributed by atoms with Crippen LogP contribution >= 0.6 is 0 Å². The van der Waals surface area contributed by atoms with Gasteiger partial charge in [-0.1, -0.05) is 0 Å². The number of nitrogens with two attached hydrogens (primary N) is 1. The standard InChI is InChI=1S/C12H17N3/c13-10-7-12(8-10)5-9(6-12)4-11-14-2-1-3-15-11/h1-3,9-10H,4-8,13H2. The SMILES string of the molecule is NC1CC2(C1)CC(Cc1ncccn1)C2. The molecule has 2 saturated carbocycles. The van der Waals surface area contributed by atoms with Crippen molar-refractivity contribution in [3.8, 4) is 0 Å². The van der Waals surface area contributed by atoms with Crippen molar-refractivity contribution in [3.63, 3.8) is 0 Å². The van der Waals surface area contributed by atoms with Crippen LogP contribution in [-0.4, -0.2) is 16.0 Å². The molecule has 2 aliphatic carbocycles. The zero-order chi connectivity index (χ0) is 10.3. The first-order valence-electron chi connectivity index (χ1n) is 5.77. The quantitative estimate of drug-likeness (QED) is 0.793. The number of rotatable bonds is 2. The Morgan fingerprint density at radius 3 is 2.47 bits per heavy atom. The van der Waals surface area contributed by atoms with Crippen molar-refractivity contribution >= 4 is 0 Å².